The van der Waals surface area contributed by atoms with Crippen molar-refractivity contribution in [1.29, 1.82) is 0 Å². The topological polar surface area (TPSA) is 64.3 Å². The van der Waals surface area contributed by atoms with Crippen molar-refractivity contribution in [3.05, 3.63) is 59.5 Å². The van der Waals surface area contributed by atoms with Gasteiger partial charge in [0.15, 0.2) is 11.6 Å². The average Bonchev–Trinajstić information content (AvgIpc) is 2.85. The Bertz CT molecular complexity index is 652. The zero-order valence-electron chi connectivity index (χ0n) is 11.3. The van der Waals surface area contributed by atoms with E-state index >= 15 is 0 Å². The summed E-state index contributed by atoms with van der Waals surface area (Å²) in [4.78, 5) is 36.5. The number of Topliss-reactive ketones (excluding diaryl/α,β-unsaturated/α-hetero) is 3. The Labute approximate surface area is 116 Å². The van der Waals surface area contributed by atoms with Gasteiger partial charge in [-0.25, -0.2) is 0 Å². The molecule has 102 valence electrons. The van der Waals surface area contributed by atoms with Gasteiger partial charge in [-0.3, -0.25) is 14.4 Å². The second-order valence-electron chi connectivity index (χ2n) is 4.53. The van der Waals surface area contributed by atoms with Crippen LogP contribution in [0.2, 0.25) is 0 Å². The van der Waals surface area contributed by atoms with Crippen molar-refractivity contribution < 1.29 is 18.8 Å². The highest BCUT2D eigenvalue weighted by molar-refractivity contribution is 6.27. The molecular formula is C16H14O4. The van der Waals surface area contributed by atoms with E-state index in [4.69, 9.17) is 4.42 Å². The van der Waals surface area contributed by atoms with Crippen LogP contribution in [0.1, 0.15) is 33.4 Å². The van der Waals surface area contributed by atoms with E-state index in [1.807, 2.05) is 0 Å². The number of carbonyl (C=O) groups is 3. The summed E-state index contributed by atoms with van der Waals surface area (Å²) in [6.45, 7) is 2.87. The Kier molecular flexibility index (Phi) is 3.94. The highest BCUT2D eigenvalue weighted by Gasteiger charge is 2.33. The molecule has 1 aromatic carbocycles. The fourth-order valence-electron chi connectivity index (χ4n) is 2.05. The number of ketones is 3. The predicted molar refractivity (Wildman–Crippen MR) is 72.7 cm³/mol. The molecule has 4 nitrogen and oxygen atoms in total. The minimum absolute atomic E-state index is 0.273. The lowest BCUT2D eigenvalue weighted by Crippen LogP contribution is -2.30. The Balaban J connectivity index is 2.38. The van der Waals surface area contributed by atoms with Gasteiger partial charge in [-0.05, 0) is 19.9 Å². The molecule has 20 heavy (non-hydrogen) atoms. The highest BCUT2D eigenvalue weighted by Crippen LogP contribution is 2.19. The molecule has 0 N–H and O–H groups in total. The maximum absolute atomic E-state index is 12.4. The number of aryl methyl sites for hydroxylation is 1. The van der Waals surface area contributed by atoms with Crippen LogP contribution in [0.3, 0.4) is 0 Å². The van der Waals surface area contributed by atoms with Gasteiger partial charge >= 0.3 is 0 Å². The summed E-state index contributed by atoms with van der Waals surface area (Å²) in [6, 6.07) is 9.81. The molecule has 0 fully saturated rings. The van der Waals surface area contributed by atoms with Gasteiger partial charge in [0, 0.05) is 5.56 Å². The summed E-state index contributed by atoms with van der Waals surface area (Å²) in [5.41, 5.74) is 0.622. The van der Waals surface area contributed by atoms with Crippen molar-refractivity contribution >= 4 is 17.3 Å². The molecule has 0 saturated heterocycles. The molecule has 0 radical (unpaired) electrons. The third kappa shape index (κ3) is 2.59. The normalized spacial score (nSPS) is 11.9. The first kappa shape index (κ1) is 13.9. The van der Waals surface area contributed by atoms with Gasteiger partial charge in [0.05, 0.1) is 11.8 Å². The fourth-order valence-corrected chi connectivity index (χ4v) is 2.05. The highest BCUT2D eigenvalue weighted by atomic mass is 16.3. The number of benzene rings is 1. The van der Waals surface area contributed by atoms with Crippen LogP contribution in [0.4, 0.5) is 0 Å². The lowest BCUT2D eigenvalue weighted by molar-refractivity contribution is -0.118. The molecule has 1 aromatic heterocycles. The summed E-state index contributed by atoms with van der Waals surface area (Å²) in [5, 5.41) is 0. The third-order valence-electron chi connectivity index (χ3n) is 3.11. The Morgan fingerprint density at radius 1 is 1.00 bits per heavy atom. The molecule has 1 atom stereocenters. The van der Waals surface area contributed by atoms with E-state index in [1.165, 1.54) is 19.3 Å². The van der Waals surface area contributed by atoms with Crippen LogP contribution < -0.4 is 0 Å². The van der Waals surface area contributed by atoms with Crippen molar-refractivity contribution in [2.45, 2.75) is 13.8 Å². The Morgan fingerprint density at radius 2 is 1.65 bits per heavy atom. The van der Waals surface area contributed by atoms with Gasteiger partial charge in [0.25, 0.3) is 0 Å². The minimum Gasteiger partial charge on any atom is -0.469 e. The molecule has 0 saturated carbocycles. The van der Waals surface area contributed by atoms with Crippen molar-refractivity contribution in [3.63, 3.8) is 0 Å². The smallest absolute Gasteiger partial charge is 0.184 e. The molecule has 1 heterocycles. The summed E-state index contributed by atoms with van der Waals surface area (Å²) < 4.78 is 5.06. The van der Waals surface area contributed by atoms with Crippen LogP contribution in [0.5, 0.6) is 0 Å². The molecule has 0 aliphatic heterocycles. The summed E-state index contributed by atoms with van der Waals surface area (Å²) in [7, 11) is 0. The van der Waals surface area contributed by atoms with Crippen LogP contribution in [0.15, 0.2) is 47.1 Å². The SMILES string of the molecule is CC(=O)C(C(=O)c1ccccc1)C(=O)c1ccoc1C. The minimum atomic E-state index is -1.31. The van der Waals surface area contributed by atoms with E-state index in [9.17, 15) is 14.4 Å². The molecule has 0 aliphatic rings. The first-order valence-electron chi connectivity index (χ1n) is 6.20. The Morgan fingerprint density at radius 3 is 2.15 bits per heavy atom. The zero-order valence-corrected chi connectivity index (χ0v) is 11.3. The molecule has 2 rings (SSSR count). The van der Waals surface area contributed by atoms with E-state index in [2.05, 4.69) is 0 Å². The van der Waals surface area contributed by atoms with Crippen LogP contribution in [-0.2, 0) is 4.79 Å². The Hall–Kier alpha value is -2.49. The van der Waals surface area contributed by atoms with Gasteiger partial charge in [0.2, 0.25) is 0 Å². The summed E-state index contributed by atoms with van der Waals surface area (Å²) >= 11 is 0. The first-order valence-corrected chi connectivity index (χ1v) is 6.20. The number of rotatable bonds is 5. The van der Waals surface area contributed by atoms with Crippen molar-refractivity contribution in [2.24, 2.45) is 5.92 Å². The molecule has 0 aliphatic carbocycles. The standard InChI is InChI=1S/C16H14O4/c1-10(17)14(15(18)12-6-4-3-5-7-12)16(19)13-8-9-20-11(13)2/h3-9,14H,1-2H3. The largest absolute Gasteiger partial charge is 0.469 e. The quantitative estimate of drug-likeness (QED) is 0.619. The van der Waals surface area contributed by atoms with E-state index in [-0.39, 0.29) is 5.56 Å². The molecule has 4 heteroatoms. The van der Waals surface area contributed by atoms with Crippen LogP contribution in [0.25, 0.3) is 0 Å². The monoisotopic (exact) mass is 270 g/mol. The van der Waals surface area contributed by atoms with Crippen LogP contribution >= 0.6 is 0 Å². The molecule has 0 bridgehead atoms. The number of hydrogen-bond donors (Lipinski definition) is 0. The van der Waals surface area contributed by atoms with Crippen molar-refractivity contribution in [3.8, 4) is 0 Å². The number of carbonyl (C=O) groups excluding carboxylic acids is 3. The maximum atomic E-state index is 12.4. The first-order chi connectivity index (χ1) is 9.52. The van der Waals surface area contributed by atoms with Crippen molar-refractivity contribution in [2.75, 3.05) is 0 Å². The van der Waals surface area contributed by atoms with Gasteiger partial charge < -0.3 is 4.42 Å². The summed E-state index contributed by atoms with van der Waals surface area (Å²) in [6.07, 6.45) is 1.37. The van der Waals surface area contributed by atoms with E-state index in [0.717, 1.165) is 0 Å². The lowest BCUT2D eigenvalue weighted by atomic mass is 9.87. The van der Waals surface area contributed by atoms with Gasteiger partial charge in [0.1, 0.15) is 17.5 Å². The lowest BCUT2D eigenvalue weighted by Gasteiger charge is -2.11. The predicted octanol–water partition coefficient (Wildman–Crippen LogP) is 2.86. The second-order valence-corrected chi connectivity index (χ2v) is 4.53. The molecule has 0 amide bonds. The molecule has 1 unspecified atom stereocenters. The van der Waals surface area contributed by atoms with Gasteiger partial charge in [-0.15, -0.1) is 0 Å². The number of furan rings is 1. The van der Waals surface area contributed by atoms with Gasteiger partial charge in [-0.2, -0.15) is 0 Å². The van der Waals surface area contributed by atoms with Crippen LogP contribution in [0, 0.1) is 12.8 Å². The second kappa shape index (κ2) is 5.65. The molecule has 2 aromatic rings. The maximum Gasteiger partial charge on any atom is 0.184 e. The van der Waals surface area contributed by atoms with E-state index < -0.39 is 23.3 Å². The van der Waals surface area contributed by atoms with E-state index in [1.54, 1.807) is 37.3 Å². The third-order valence-corrected chi connectivity index (χ3v) is 3.11. The molecular weight excluding hydrogens is 256 g/mol. The number of hydrogen-bond acceptors (Lipinski definition) is 4. The zero-order chi connectivity index (χ0) is 14.7. The van der Waals surface area contributed by atoms with Gasteiger partial charge in [-0.1, -0.05) is 30.3 Å². The molecule has 0 spiro atoms. The average molecular weight is 270 g/mol. The summed E-state index contributed by atoms with van der Waals surface area (Å²) in [5.74, 6) is -2.37. The van der Waals surface area contributed by atoms with E-state index in [0.29, 0.717) is 11.3 Å². The fraction of sp³-hybridized carbons (Fsp3) is 0.188. The van der Waals surface area contributed by atoms with Crippen molar-refractivity contribution in [1.82, 2.24) is 0 Å². The van der Waals surface area contributed by atoms with Crippen LogP contribution in [-0.4, -0.2) is 17.3 Å².